The molecule has 0 N–H and O–H groups in total. The first kappa shape index (κ1) is 11.2. The van der Waals surface area contributed by atoms with Gasteiger partial charge in [-0.15, -0.1) is 0 Å². The monoisotopic (exact) mass is 293 g/mol. The van der Waals surface area contributed by atoms with Gasteiger partial charge in [-0.3, -0.25) is 0 Å². The van der Waals surface area contributed by atoms with Crippen molar-refractivity contribution in [2.24, 2.45) is 0 Å². The lowest BCUT2D eigenvalue weighted by Gasteiger charge is -2.28. The summed E-state index contributed by atoms with van der Waals surface area (Å²) < 4.78 is 3.19. The molecule has 0 aromatic carbocycles. The molecule has 0 aliphatic carbocycles. The molecular formula is C13H16BrN3. The average molecular weight is 294 g/mol. The van der Waals surface area contributed by atoms with Gasteiger partial charge in [0.05, 0.1) is 5.52 Å². The largest absolute Gasteiger partial charge is 0.306 e. The number of aromatic nitrogens is 2. The molecule has 0 amide bonds. The molecule has 3 nitrogen and oxygen atoms in total. The molecule has 0 spiro atoms. The van der Waals surface area contributed by atoms with Gasteiger partial charge in [0.2, 0.25) is 0 Å². The average Bonchev–Trinajstić information content (AvgIpc) is 2.69. The molecular weight excluding hydrogens is 278 g/mol. The zero-order valence-electron chi connectivity index (χ0n) is 9.93. The summed E-state index contributed by atoms with van der Waals surface area (Å²) in [5.74, 6) is 1.80. The number of nitrogens with zero attached hydrogens (tertiary/aromatic N) is 3. The molecule has 17 heavy (non-hydrogen) atoms. The molecule has 0 atom stereocenters. The SMILES string of the molecule is CN1CCC(c2nc(Br)c3ccccn23)CC1. The second-order valence-corrected chi connectivity index (χ2v) is 5.55. The van der Waals surface area contributed by atoms with Crippen molar-refractivity contribution in [2.75, 3.05) is 20.1 Å². The lowest BCUT2D eigenvalue weighted by molar-refractivity contribution is 0.251. The normalized spacial score (nSPS) is 18.9. The Balaban J connectivity index is 2.00. The highest BCUT2D eigenvalue weighted by atomic mass is 79.9. The Morgan fingerprint density at radius 3 is 2.82 bits per heavy atom. The molecule has 0 bridgehead atoms. The van der Waals surface area contributed by atoms with Crippen molar-refractivity contribution in [3.63, 3.8) is 0 Å². The minimum absolute atomic E-state index is 0.590. The van der Waals surface area contributed by atoms with Gasteiger partial charge in [0, 0.05) is 12.1 Å². The maximum absolute atomic E-state index is 4.70. The third-order valence-electron chi connectivity index (χ3n) is 3.61. The molecule has 1 fully saturated rings. The van der Waals surface area contributed by atoms with Crippen molar-refractivity contribution in [1.82, 2.24) is 14.3 Å². The van der Waals surface area contributed by atoms with Crippen LogP contribution in [0.15, 0.2) is 29.0 Å². The molecule has 0 radical (unpaired) electrons. The maximum atomic E-state index is 4.70. The van der Waals surface area contributed by atoms with Gasteiger partial charge >= 0.3 is 0 Å². The fraction of sp³-hybridized carbons (Fsp3) is 0.462. The Bertz CT molecular complexity index is 526. The van der Waals surface area contributed by atoms with Crippen LogP contribution < -0.4 is 0 Å². The third-order valence-corrected chi connectivity index (χ3v) is 4.20. The van der Waals surface area contributed by atoms with Crippen molar-refractivity contribution in [3.8, 4) is 0 Å². The summed E-state index contributed by atoms with van der Waals surface area (Å²) in [6.07, 6.45) is 4.52. The maximum Gasteiger partial charge on any atom is 0.132 e. The van der Waals surface area contributed by atoms with Gasteiger partial charge in [0.15, 0.2) is 0 Å². The van der Waals surface area contributed by atoms with Gasteiger partial charge in [-0.05, 0) is 61.0 Å². The van der Waals surface area contributed by atoms with Crippen molar-refractivity contribution >= 4 is 21.4 Å². The first-order valence-corrected chi connectivity index (χ1v) is 6.86. The van der Waals surface area contributed by atoms with Crippen molar-refractivity contribution < 1.29 is 0 Å². The summed E-state index contributed by atoms with van der Waals surface area (Å²) in [5, 5.41) is 0. The Morgan fingerprint density at radius 2 is 2.06 bits per heavy atom. The molecule has 0 saturated carbocycles. The van der Waals surface area contributed by atoms with Crippen molar-refractivity contribution in [3.05, 3.63) is 34.8 Å². The van der Waals surface area contributed by atoms with Gasteiger partial charge in [0.25, 0.3) is 0 Å². The fourth-order valence-electron chi connectivity index (χ4n) is 2.58. The van der Waals surface area contributed by atoms with E-state index in [1.54, 1.807) is 0 Å². The molecule has 90 valence electrons. The van der Waals surface area contributed by atoms with E-state index < -0.39 is 0 Å². The standard InChI is InChI=1S/C13H16BrN3/c1-16-8-5-10(6-9-16)13-15-12(14)11-4-2-3-7-17(11)13/h2-4,7,10H,5-6,8-9H2,1H3. The summed E-state index contributed by atoms with van der Waals surface area (Å²) in [6, 6.07) is 6.23. The molecule has 2 aromatic rings. The first-order valence-electron chi connectivity index (χ1n) is 6.07. The van der Waals surface area contributed by atoms with Gasteiger partial charge < -0.3 is 9.30 Å². The number of piperidine rings is 1. The highest BCUT2D eigenvalue weighted by molar-refractivity contribution is 9.10. The second kappa shape index (κ2) is 4.42. The second-order valence-electron chi connectivity index (χ2n) is 4.79. The highest BCUT2D eigenvalue weighted by Crippen LogP contribution is 2.30. The Hall–Kier alpha value is -0.870. The minimum atomic E-state index is 0.590. The van der Waals surface area contributed by atoms with E-state index in [1.165, 1.54) is 37.3 Å². The molecule has 1 aliphatic heterocycles. The molecule has 3 heterocycles. The van der Waals surface area contributed by atoms with Crippen LogP contribution in [0.1, 0.15) is 24.6 Å². The number of hydrogen-bond acceptors (Lipinski definition) is 2. The van der Waals surface area contributed by atoms with Gasteiger partial charge in [-0.1, -0.05) is 6.07 Å². The van der Waals surface area contributed by atoms with E-state index in [0.29, 0.717) is 5.92 Å². The number of likely N-dealkylation sites (tertiary alicyclic amines) is 1. The summed E-state index contributed by atoms with van der Waals surface area (Å²) in [5.41, 5.74) is 1.17. The van der Waals surface area contributed by atoms with Crippen LogP contribution in [0.2, 0.25) is 0 Å². The van der Waals surface area contributed by atoms with Gasteiger partial charge in [0.1, 0.15) is 10.4 Å². The lowest BCUT2D eigenvalue weighted by atomic mass is 9.96. The van der Waals surface area contributed by atoms with Gasteiger partial charge in [-0.2, -0.15) is 0 Å². The van der Waals surface area contributed by atoms with Crippen LogP contribution in [0.25, 0.3) is 5.52 Å². The van der Waals surface area contributed by atoms with E-state index in [-0.39, 0.29) is 0 Å². The smallest absolute Gasteiger partial charge is 0.132 e. The van der Waals surface area contributed by atoms with E-state index in [4.69, 9.17) is 4.98 Å². The van der Waals surface area contributed by atoms with Crippen LogP contribution in [0.4, 0.5) is 0 Å². The Labute approximate surface area is 110 Å². The summed E-state index contributed by atoms with van der Waals surface area (Å²) in [4.78, 5) is 7.09. The van der Waals surface area contributed by atoms with Gasteiger partial charge in [-0.25, -0.2) is 4.98 Å². The van der Waals surface area contributed by atoms with E-state index >= 15 is 0 Å². The predicted octanol–water partition coefficient (Wildman–Crippen LogP) is 2.91. The van der Waals surface area contributed by atoms with Crippen LogP contribution in [0.5, 0.6) is 0 Å². The number of halogens is 1. The molecule has 0 unspecified atom stereocenters. The quantitative estimate of drug-likeness (QED) is 0.806. The number of rotatable bonds is 1. The predicted molar refractivity (Wildman–Crippen MR) is 72.4 cm³/mol. The van der Waals surface area contributed by atoms with E-state index in [0.717, 1.165) is 4.60 Å². The topological polar surface area (TPSA) is 20.5 Å². The number of hydrogen-bond donors (Lipinski definition) is 0. The number of pyridine rings is 1. The zero-order valence-corrected chi connectivity index (χ0v) is 11.5. The van der Waals surface area contributed by atoms with Crippen molar-refractivity contribution in [1.29, 1.82) is 0 Å². The van der Waals surface area contributed by atoms with Crippen LogP contribution in [-0.2, 0) is 0 Å². The van der Waals surface area contributed by atoms with Crippen LogP contribution >= 0.6 is 15.9 Å². The van der Waals surface area contributed by atoms with E-state index in [1.807, 2.05) is 0 Å². The Morgan fingerprint density at radius 1 is 1.29 bits per heavy atom. The summed E-state index contributed by atoms with van der Waals surface area (Å²) in [6.45, 7) is 2.34. The number of fused-ring (bicyclic) bond motifs is 1. The molecule has 2 aromatic heterocycles. The zero-order chi connectivity index (χ0) is 11.8. The summed E-state index contributed by atoms with van der Waals surface area (Å²) in [7, 11) is 2.19. The molecule has 4 heteroatoms. The van der Waals surface area contributed by atoms with E-state index in [9.17, 15) is 0 Å². The Kier molecular flexibility index (Phi) is 2.92. The lowest BCUT2D eigenvalue weighted by Crippen LogP contribution is -2.29. The first-order chi connectivity index (χ1) is 8.25. The van der Waals surface area contributed by atoms with Crippen LogP contribution in [-0.4, -0.2) is 34.4 Å². The van der Waals surface area contributed by atoms with Crippen LogP contribution in [0, 0.1) is 0 Å². The minimum Gasteiger partial charge on any atom is -0.306 e. The molecule has 1 aliphatic rings. The van der Waals surface area contributed by atoms with Crippen LogP contribution in [0.3, 0.4) is 0 Å². The third kappa shape index (κ3) is 2.00. The van der Waals surface area contributed by atoms with Crippen molar-refractivity contribution in [2.45, 2.75) is 18.8 Å². The fourth-order valence-corrected chi connectivity index (χ4v) is 3.08. The molecule has 3 rings (SSSR count). The summed E-state index contributed by atoms with van der Waals surface area (Å²) >= 11 is 3.55. The number of imidazole rings is 1. The molecule has 1 saturated heterocycles. The van der Waals surface area contributed by atoms with E-state index in [2.05, 4.69) is 56.7 Å². The highest BCUT2D eigenvalue weighted by Gasteiger charge is 2.23.